The first-order valence-electron chi connectivity index (χ1n) is 12.0. The van der Waals surface area contributed by atoms with E-state index >= 15 is 0 Å². The molecule has 0 aromatic rings. The molecule has 0 saturated heterocycles. The molecule has 0 aliphatic rings. The molecule has 0 rings (SSSR count). The Labute approximate surface area is 180 Å². The lowest BCUT2D eigenvalue weighted by Crippen LogP contribution is -2.26. The van der Waals surface area contributed by atoms with E-state index in [9.17, 15) is 13.2 Å². The smallest absolute Gasteiger partial charge is 0.306 e. The molecule has 1 atom stereocenters. The molecular weight excluding hydrogens is 388 g/mol. The summed E-state index contributed by atoms with van der Waals surface area (Å²) >= 11 is 0. The summed E-state index contributed by atoms with van der Waals surface area (Å²) in [4.78, 5) is 12.0. The van der Waals surface area contributed by atoms with Gasteiger partial charge in [0.15, 0.2) is 0 Å². The van der Waals surface area contributed by atoms with Gasteiger partial charge in [-0.15, -0.1) is 0 Å². The molecule has 0 aliphatic heterocycles. The highest BCUT2D eigenvalue weighted by molar-refractivity contribution is 7.85. The van der Waals surface area contributed by atoms with Crippen molar-refractivity contribution in [2.75, 3.05) is 5.75 Å². The minimum Gasteiger partial charge on any atom is -0.461 e. The summed E-state index contributed by atoms with van der Waals surface area (Å²) in [6.45, 7) is 4.39. The first kappa shape index (κ1) is 28.4. The standard InChI is InChI=1S/C23H46O5S/c1-3-5-7-9-11-12-13-14-15-17-19-22(21-29(25,26)27)28-23(24)20-18-16-10-8-6-4-2/h22H,3-21H2,1-2H3,(H,25,26,27). The molecule has 29 heavy (non-hydrogen) atoms. The molecule has 0 aromatic heterocycles. The van der Waals surface area contributed by atoms with Gasteiger partial charge in [-0.25, -0.2) is 0 Å². The molecule has 0 bridgehead atoms. The van der Waals surface area contributed by atoms with Gasteiger partial charge >= 0.3 is 5.97 Å². The van der Waals surface area contributed by atoms with Gasteiger partial charge in [0.2, 0.25) is 0 Å². The number of hydrogen-bond donors (Lipinski definition) is 1. The fourth-order valence-electron chi connectivity index (χ4n) is 3.57. The van der Waals surface area contributed by atoms with Gasteiger partial charge < -0.3 is 4.74 Å². The molecule has 5 nitrogen and oxygen atoms in total. The van der Waals surface area contributed by atoms with Crippen molar-refractivity contribution < 1.29 is 22.5 Å². The molecule has 0 heterocycles. The van der Waals surface area contributed by atoms with Crippen LogP contribution < -0.4 is 0 Å². The maximum Gasteiger partial charge on any atom is 0.306 e. The van der Waals surface area contributed by atoms with Gasteiger partial charge in [0, 0.05) is 6.42 Å². The number of carbonyl (C=O) groups is 1. The average Bonchev–Trinajstić information content (AvgIpc) is 2.64. The Morgan fingerprint density at radius 2 is 1.14 bits per heavy atom. The second-order valence-corrected chi connectivity index (χ2v) is 9.85. The van der Waals surface area contributed by atoms with Crippen molar-refractivity contribution in [2.45, 2.75) is 136 Å². The summed E-state index contributed by atoms with van der Waals surface area (Å²) in [6.07, 6.45) is 18.5. The number of unbranched alkanes of at least 4 members (excludes halogenated alkanes) is 14. The predicted molar refractivity (Wildman–Crippen MR) is 121 cm³/mol. The Morgan fingerprint density at radius 1 is 0.724 bits per heavy atom. The number of rotatable bonds is 21. The molecule has 0 saturated carbocycles. The summed E-state index contributed by atoms with van der Waals surface area (Å²) < 4.78 is 37.0. The van der Waals surface area contributed by atoms with Crippen LogP contribution in [-0.2, 0) is 19.6 Å². The highest BCUT2D eigenvalue weighted by atomic mass is 32.2. The fraction of sp³-hybridized carbons (Fsp3) is 0.957. The van der Waals surface area contributed by atoms with Crippen LogP contribution in [-0.4, -0.2) is 30.8 Å². The van der Waals surface area contributed by atoms with E-state index in [1.807, 2.05) is 0 Å². The van der Waals surface area contributed by atoms with Gasteiger partial charge in [-0.05, 0) is 19.3 Å². The molecule has 0 radical (unpaired) electrons. The van der Waals surface area contributed by atoms with E-state index in [1.165, 1.54) is 64.2 Å². The quantitative estimate of drug-likeness (QED) is 0.121. The number of ether oxygens (including phenoxy) is 1. The Morgan fingerprint density at radius 3 is 1.59 bits per heavy atom. The third kappa shape index (κ3) is 21.9. The van der Waals surface area contributed by atoms with Crippen LogP contribution in [0.3, 0.4) is 0 Å². The zero-order valence-electron chi connectivity index (χ0n) is 19.0. The van der Waals surface area contributed by atoms with Gasteiger partial charge in [0.25, 0.3) is 10.1 Å². The molecular formula is C23H46O5S. The topological polar surface area (TPSA) is 80.7 Å². The molecule has 174 valence electrons. The van der Waals surface area contributed by atoms with Gasteiger partial charge in [-0.2, -0.15) is 8.42 Å². The maximum atomic E-state index is 12.0. The van der Waals surface area contributed by atoms with Gasteiger partial charge in [-0.3, -0.25) is 9.35 Å². The summed E-state index contributed by atoms with van der Waals surface area (Å²) in [7, 11) is -4.14. The monoisotopic (exact) mass is 434 g/mol. The minimum absolute atomic E-state index is 0.326. The van der Waals surface area contributed by atoms with Crippen molar-refractivity contribution in [1.29, 1.82) is 0 Å². The number of carbonyl (C=O) groups excluding carboxylic acids is 1. The van der Waals surface area contributed by atoms with Crippen LogP contribution in [0.4, 0.5) is 0 Å². The van der Waals surface area contributed by atoms with Crippen LogP contribution in [0.15, 0.2) is 0 Å². The van der Waals surface area contributed by atoms with Gasteiger partial charge in [-0.1, -0.05) is 104 Å². The van der Waals surface area contributed by atoms with E-state index in [2.05, 4.69) is 13.8 Å². The second-order valence-electron chi connectivity index (χ2n) is 8.35. The van der Waals surface area contributed by atoms with E-state index < -0.39 is 22.0 Å². The first-order valence-corrected chi connectivity index (χ1v) is 13.6. The molecule has 0 fully saturated rings. The summed E-state index contributed by atoms with van der Waals surface area (Å²) in [5.41, 5.74) is 0. The first-order chi connectivity index (χ1) is 13.9. The molecule has 1 N–H and O–H groups in total. The highest BCUT2D eigenvalue weighted by Gasteiger charge is 2.20. The predicted octanol–water partition coefficient (Wildman–Crippen LogP) is 6.85. The molecule has 6 heteroatoms. The largest absolute Gasteiger partial charge is 0.461 e. The van der Waals surface area contributed by atoms with E-state index in [-0.39, 0.29) is 5.97 Å². The molecule has 0 aliphatic carbocycles. The average molecular weight is 435 g/mol. The molecule has 0 amide bonds. The summed E-state index contributed by atoms with van der Waals surface area (Å²) in [5.74, 6) is -0.839. The number of hydrogen-bond acceptors (Lipinski definition) is 4. The Bertz CT molecular complexity index is 476. The Balaban J connectivity index is 3.94. The van der Waals surface area contributed by atoms with Crippen LogP contribution in [0, 0.1) is 0 Å². The summed E-state index contributed by atoms with van der Waals surface area (Å²) in [5, 5.41) is 0. The van der Waals surface area contributed by atoms with Gasteiger partial charge in [0.05, 0.1) is 0 Å². The third-order valence-corrected chi connectivity index (χ3v) is 6.10. The SMILES string of the molecule is CCCCCCCCCCCCC(CS(=O)(=O)O)OC(=O)CCCCCCCC. The normalized spacial score (nSPS) is 12.8. The van der Waals surface area contributed by atoms with E-state index in [0.717, 1.165) is 38.5 Å². The molecule has 0 aromatic carbocycles. The number of esters is 1. The lowest BCUT2D eigenvalue weighted by atomic mass is 10.0. The molecule has 0 spiro atoms. The van der Waals surface area contributed by atoms with Crippen molar-refractivity contribution in [3.63, 3.8) is 0 Å². The third-order valence-electron chi connectivity index (χ3n) is 5.31. The minimum atomic E-state index is -4.14. The van der Waals surface area contributed by atoms with Gasteiger partial charge in [0.1, 0.15) is 11.9 Å². The zero-order chi connectivity index (χ0) is 21.8. The van der Waals surface area contributed by atoms with Crippen LogP contribution in [0.5, 0.6) is 0 Å². The Kier molecular flexibility index (Phi) is 18.9. The van der Waals surface area contributed by atoms with Crippen LogP contribution in [0.1, 0.15) is 129 Å². The van der Waals surface area contributed by atoms with Crippen molar-refractivity contribution >= 4 is 16.1 Å². The van der Waals surface area contributed by atoms with Crippen molar-refractivity contribution in [3.8, 4) is 0 Å². The van der Waals surface area contributed by atoms with Crippen LogP contribution in [0.2, 0.25) is 0 Å². The van der Waals surface area contributed by atoms with Crippen molar-refractivity contribution in [1.82, 2.24) is 0 Å². The highest BCUT2D eigenvalue weighted by Crippen LogP contribution is 2.15. The van der Waals surface area contributed by atoms with Crippen molar-refractivity contribution in [3.05, 3.63) is 0 Å². The van der Waals surface area contributed by atoms with E-state index in [1.54, 1.807) is 0 Å². The second kappa shape index (κ2) is 19.3. The summed E-state index contributed by atoms with van der Waals surface area (Å²) in [6, 6.07) is 0. The maximum absolute atomic E-state index is 12.0. The Hall–Kier alpha value is -0.620. The zero-order valence-corrected chi connectivity index (χ0v) is 19.8. The lowest BCUT2D eigenvalue weighted by molar-refractivity contribution is -0.148. The van der Waals surface area contributed by atoms with E-state index in [4.69, 9.17) is 9.29 Å². The lowest BCUT2D eigenvalue weighted by Gasteiger charge is -2.16. The molecule has 1 unspecified atom stereocenters. The van der Waals surface area contributed by atoms with Crippen LogP contribution >= 0.6 is 0 Å². The van der Waals surface area contributed by atoms with Crippen LogP contribution in [0.25, 0.3) is 0 Å². The fourth-order valence-corrected chi connectivity index (χ4v) is 4.27. The van der Waals surface area contributed by atoms with E-state index in [0.29, 0.717) is 12.8 Å². The van der Waals surface area contributed by atoms with Crippen molar-refractivity contribution in [2.24, 2.45) is 0 Å².